The van der Waals surface area contributed by atoms with E-state index < -0.39 is 0 Å². The van der Waals surface area contributed by atoms with Crippen LogP contribution in [-0.4, -0.2) is 28.8 Å². The Labute approximate surface area is 191 Å². The lowest BCUT2D eigenvalue weighted by Crippen LogP contribution is -2.27. The Hall–Kier alpha value is -3.09. The maximum absolute atomic E-state index is 12.5. The van der Waals surface area contributed by atoms with Gasteiger partial charge in [0.05, 0.1) is 12.0 Å². The van der Waals surface area contributed by atoms with Gasteiger partial charge >= 0.3 is 0 Å². The normalized spacial score (nSPS) is 15.0. The van der Waals surface area contributed by atoms with Crippen LogP contribution in [0.15, 0.2) is 78.2 Å². The summed E-state index contributed by atoms with van der Waals surface area (Å²) in [4.78, 5) is 14.7. The van der Waals surface area contributed by atoms with Crippen molar-refractivity contribution in [2.45, 2.75) is 6.61 Å². The van der Waals surface area contributed by atoms with Crippen molar-refractivity contribution in [2.75, 3.05) is 13.7 Å². The molecular weight excluding hydrogens is 426 g/mol. The summed E-state index contributed by atoms with van der Waals surface area (Å²) in [6.45, 7) is 4.51. The number of thiocarbonyl (C=S) groups is 1. The van der Waals surface area contributed by atoms with Gasteiger partial charge in [0.25, 0.3) is 5.91 Å². The molecule has 0 aliphatic carbocycles. The second-order valence-electron chi connectivity index (χ2n) is 6.92. The number of rotatable bonds is 7. The molecule has 4 nitrogen and oxygen atoms in total. The molecule has 0 unspecified atom stereocenters. The largest absolute Gasteiger partial charge is 0.493 e. The molecule has 1 saturated heterocycles. The molecule has 31 heavy (non-hydrogen) atoms. The fourth-order valence-electron chi connectivity index (χ4n) is 3.40. The Balaban J connectivity index is 1.54. The van der Waals surface area contributed by atoms with Crippen molar-refractivity contribution >= 4 is 51.1 Å². The minimum absolute atomic E-state index is 0.106. The van der Waals surface area contributed by atoms with Gasteiger partial charge in [-0.15, -0.1) is 6.58 Å². The third-order valence-corrected chi connectivity index (χ3v) is 6.31. The van der Waals surface area contributed by atoms with Gasteiger partial charge in [0.15, 0.2) is 11.5 Å². The first-order valence-electron chi connectivity index (χ1n) is 9.74. The quantitative estimate of drug-likeness (QED) is 0.259. The van der Waals surface area contributed by atoms with E-state index in [0.717, 1.165) is 11.1 Å². The summed E-state index contributed by atoms with van der Waals surface area (Å²) in [7, 11) is 1.60. The van der Waals surface area contributed by atoms with Gasteiger partial charge in [-0.05, 0) is 40.1 Å². The molecule has 4 rings (SSSR count). The van der Waals surface area contributed by atoms with E-state index >= 15 is 0 Å². The summed E-state index contributed by atoms with van der Waals surface area (Å²) in [5.41, 5.74) is 1.95. The number of carbonyl (C=O) groups is 1. The molecule has 0 bridgehead atoms. The molecule has 0 radical (unpaired) electrons. The van der Waals surface area contributed by atoms with E-state index in [0.29, 0.717) is 33.9 Å². The van der Waals surface area contributed by atoms with Crippen LogP contribution in [0.2, 0.25) is 0 Å². The molecule has 1 amide bonds. The predicted octanol–water partition coefficient (Wildman–Crippen LogP) is 5.81. The number of hydrogen-bond donors (Lipinski definition) is 0. The van der Waals surface area contributed by atoms with Crippen LogP contribution < -0.4 is 9.47 Å². The maximum atomic E-state index is 12.5. The lowest BCUT2D eigenvalue weighted by atomic mass is 10.1. The summed E-state index contributed by atoms with van der Waals surface area (Å²) in [5, 5.41) is 2.35. The lowest BCUT2D eigenvalue weighted by Gasteiger charge is -2.13. The molecule has 1 fully saturated rings. The molecule has 1 heterocycles. The van der Waals surface area contributed by atoms with Crippen molar-refractivity contribution in [3.05, 3.63) is 89.4 Å². The van der Waals surface area contributed by atoms with Crippen LogP contribution in [0.5, 0.6) is 11.5 Å². The second kappa shape index (κ2) is 9.37. The highest BCUT2D eigenvalue weighted by Crippen LogP contribution is 2.35. The zero-order valence-electron chi connectivity index (χ0n) is 17.0. The molecule has 0 atom stereocenters. The van der Waals surface area contributed by atoms with Crippen molar-refractivity contribution < 1.29 is 14.3 Å². The number of benzene rings is 3. The zero-order chi connectivity index (χ0) is 21.8. The zero-order valence-corrected chi connectivity index (χ0v) is 18.7. The summed E-state index contributed by atoms with van der Waals surface area (Å²) in [5.74, 6) is 1.15. The number of thioether (sulfide) groups is 1. The highest BCUT2D eigenvalue weighted by atomic mass is 32.2. The number of amides is 1. The molecule has 1 aliphatic rings. The molecule has 0 aromatic heterocycles. The van der Waals surface area contributed by atoms with Crippen LogP contribution in [-0.2, 0) is 11.4 Å². The van der Waals surface area contributed by atoms with E-state index in [1.54, 1.807) is 13.2 Å². The number of nitrogens with zero attached hydrogens (tertiary/aromatic N) is 1. The van der Waals surface area contributed by atoms with E-state index in [-0.39, 0.29) is 5.91 Å². The maximum Gasteiger partial charge on any atom is 0.266 e. The van der Waals surface area contributed by atoms with Crippen molar-refractivity contribution in [2.24, 2.45) is 0 Å². The minimum Gasteiger partial charge on any atom is -0.493 e. The summed E-state index contributed by atoms with van der Waals surface area (Å²) < 4.78 is 12.2. The molecule has 156 valence electrons. The van der Waals surface area contributed by atoms with Crippen LogP contribution in [0.3, 0.4) is 0 Å². The van der Waals surface area contributed by atoms with Crippen LogP contribution in [0.25, 0.3) is 16.8 Å². The molecule has 3 aromatic carbocycles. The van der Waals surface area contributed by atoms with Gasteiger partial charge in [0, 0.05) is 6.54 Å². The summed E-state index contributed by atoms with van der Waals surface area (Å²) in [6.07, 6.45) is 3.48. The van der Waals surface area contributed by atoms with Crippen LogP contribution in [0.4, 0.5) is 0 Å². The molecule has 6 heteroatoms. The fraction of sp³-hybridized carbons (Fsp3) is 0.120. The van der Waals surface area contributed by atoms with Crippen molar-refractivity contribution in [3.63, 3.8) is 0 Å². The minimum atomic E-state index is -0.106. The van der Waals surface area contributed by atoms with Crippen molar-refractivity contribution in [1.29, 1.82) is 0 Å². The topological polar surface area (TPSA) is 38.8 Å². The van der Waals surface area contributed by atoms with Gasteiger partial charge in [-0.25, -0.2) is 0 Å². The SMILES string of the molecule is C=CCN1C(=O)/C(=C/c2ccc(OCc3cccc4ccccc34)c(OC)c2)SC1=S. The molecule has 0 N–H and O–H groups in total. The van der Waals surface area contributed by atoms with Gasteiger partial charge in [0.2, 0.25) is 0 Å². The lowest BCUT2D eigenvalue weighted by molar-refractivity contribution is -0.121. The van der Waals surface area contributed by atoms with Gasteiger partial charge in [-0.1, -0.05) is 78.6 Å². The molecule has 0 saturated carbocycles. The number of hydrogen-bond acceptors (Lipinski definition) is 5. The molecule has 0 spiro atoms. The highest BCUT2D eigenvalue weighted by Gasteiger charge is 2.31. The number of methoxy groups -OCH3 is 1. The van der Waals surface area contributed by atoms with E-state index in [1.165, 1.54) is 27.4 Å². The van der Waals surface area contributed by atoms with Crippen LogP contribution >= 0.6 is 24.0 Å². The Morgan fingerprint density at radius 1 is 1.10 bits per heavy atom. The Bertz CT molecular complexity index is 1200. The average Bonchev–Trinajstić information content (AvgIpc) is 3.05. The van der Waals surface area contributed by atoms with Gasteiger partial charge in [0.1, 0.15) is 10.9 Å². The van der Waals surface area contributed by atoms with E-state index in [4.69, 9.17) is 21.7 Å². The van der Waals surface area contributed by atoms with Crippen molar-refractivity contribution in [3.8, 4) is 11.5 Å². The average molecular weight is 448 g/mol. The fourth-order valence-corrected chi connectivity index (χ4v) is 4.68. The van der Waals surface area contributed by atoms with E-state index in [1.807, 2.05) is 42.5 Å². The van der Waals surface area contributed by atoms with Crippen LogP contribution in [0, 0.1) is 0 Å². The van der Waals surface area contributed by atoms with Gasteiger partial charge in [-0.2, -0.15) is 0 Å². The van der Waals surface area contributed by atoms with E-state index in [9.17, 15) is 4.79 Å². The number of ether oxygens (including phenoxy) is 2. The smallest absolute Gasteiger partial charge is 0.266 e. The molecule has 1 aliphatic heterocycles. The third kappa shape index (κ3) is 4.50. The first kappa shape index (κ1) is 21.2. The third-order valence-electron chi connectivity index (χ3n) is 4.93. The number of fused-ring (bicyclic) bond motifs is 1. The monoisotopic (exact) mass is 447 g/mol. The number of carbonyl (C=O) groups excluding carboxylic acids is 1. The van der Waals surface area contributed by atoms with E-state index in [2.05, 4.69) is 30.8 Å². The first-order valence-corrected chi connectivity index (χ1v) is 11.0. The predicted molar refractivity (Wildman–Crippen MR) is 131 cm³/mol. The molecule has 3 aromatic rings. The first-order chi connectivity index (χ1) is 15.1. The Morgan fingerprint density at radius 3 is 2.71 bits per heavy atom. The Morgan fingerprint density at radius 2 is 1.90 bits per heavy atom. The standard InChI is InChI=1S/C25H21NO3S2/c1-3-13-26-24(27)23(31-25(26)30)15-17-11-12-21(22(14-17)28-2)29-16-19-9-6-8-18-7-4-5-10-20(18)19/h3-12,14-15H,1,13,16H2,2H3/b23-15-. The van der Waals surface area contributed by atoms with Gasteiger partial charge in [-0.3, -0.25) is 9.69 Å². The second-order valence-corrected chi connectivity index (χ2v) is 8.59. The van der Waals surface area contributed by atoms with Crippen LogP contribution in [0.1, 0.15) is 11.1 Å². The van der Waals surface area contributed by atoms with Crippen molar-refractivity contribution in [1.82, 2.24) is 4.90 Å². The Kier molecular flexibility index (Phi) is 6.39. The van der Waals surface area contributed by atoms with Gasteiger partial charge < -0.3 is 9.47 Å². The molecular formula is C25H21NO3S2. The summed E-state index contributed by atoms with van der Waals surface area (Å²) >= 11 is 6.59. The summed E-state index contributed by atoms with van der Waals surface area (Å²) in [6, 6.07) is 20.0. The highest BCUT2D eigenvalue weighted by molar-refractivity contribution is 8.26.